The second-order valence-corrected chi connectivity index (χ2v) is 7.15. The molecule has 3 N–H and O–H groups in total. The van der Waals surface area contributed by atoms with Gasteiger partial charge in [-0.05, 0) is 31.4 Å². The van der Waals surface area contributed by atoms with Crippen molar-refractivity contribution in [1.82, 2.24) is 10.6 Å². The molecule has 0 heterocycles. The Labute approximate surface area is 130 Å². The van der Waals surface area contributed by atoms with E-state index in [1.165, 1.54) is 4.90 Å². The van der Waals surface area contributed by atoms with Gasteiger partial charge in [-0.25, -0.2) is 4.79 Å². The van der Waals surface area contributed by atoms with Gasteiger partial charge in [0.05, 0.1) is 6.10 Å². The first-order chi connectivity index (χ1) is 10.1. The molecule has 0 bridgehead atoms. The van der Waals surface area contributed by atoms with Gasteiger partial charge in [0.25, 0.3) is 0 Å². The fourth-order valence-electron chi connectivity index (χ4n) is 2.14. The Bertz CT molecular complexity index is 449. The van der Waals surface area contributed by atoms with Crippen LogP contribution in [0.4, 0.5) is 4.79 Å². The lowest BCUT2D eigenvalue weighted by atomic mass is 10.2. The summed E-state index contributed by atoms with van der Waals surface area (Å²) in [6.07, 6.45) is 3.45. The average Bonchev–Trinajstić information content (AvgIpc) is 3.24. The first-order valence-corrected chi connectivity index (χ1v) is 8.39. The molecule has 1 unspecified atom stereocenters. The zero-order chi connectivity index (χ0) is 15.1. The SMILES string of the molecule is CCCC(O)CNC(=O)NCC1(Sc2ccccc2)CC1. The topological polar surface area (TPSA) is 61.4 Å². The van der Waals surface area contributed by atoms with Crippen molar-refractivity contribution in [2.45, 2.75) is 48.4 Å². The highest BCUT2D eigenvalue weighted by molar-refractivity contribution is 8.01. The summed E-state index contributed by atoms with van der Waals surface area (Å²) in [6.45, 7) is 3.00. The van der Waals surface area contributed by atoms with Gasteiger partial charge in [-0.1, -0.05) is 31.5 Å². The fourth-order valence-corrected chi connectivity index (χ4v) is 3.39. The average molecular weight is 308 g/mol. The van der Waals surface area contributed by atoms with Crippen molar-refractivity contribution >= 4 is 17.8 Å². The van der Waals surface area contributed by atoms with Crippen LogP contribution in [0.3, 0.4) is 0 Å². The minimum atomic E-state index is -0.450. The van der Waals surface area contributed by atoms with Crippen molar-refractivity contribution in [2.75, 3.05) is 13.1 Å². The molecule has 0 aromatic heterocycles. The monoisotopic (exact) mass is 308 g/mol. The van der Waals surface area contributed by atoms with E-state index in [2.05, 4.69) is 22.8 Å². The van der Waals surface area contributed by atoms with Crippen LogP contribution in [0.25, 0.3) is 0 Å². The molecular weight excluding hydrogens is 284 g/mol. The van der Waals surface area contributed by atoms with Gasteiger partial charge in [-0.2, -0.15) is 0 Å². The molecule has 2 rings (SSSR count). The van der Waals surface area contributed by atoms with Gasteiger partial charge < -0.3 is 15.7 Å². The van der Waals surface area contributed by atoms with Crippen LogP contribution in [0.5, 0.6) is 0 Å². The predicted molar refractivity (Wildman–Crippen MR) is 86.6 cm³/mol. The summed E-state index contributed by atoms with van der Waals surface area (Å²) < 4.78 is 0.153. The third-order valence-corrected chi connectivity index (χ3v) is 5.07. The molecule has 1 atom stereocenters. The fraction of sp³-hybridized carbons (Fsp3) is 0.562. The summed E-state index contributed by atoms with van der Waals surface area (Å²) in [4.78, 5) is 13.0. The number of amides is 2. The molecule has 1 aliphatic rings. The normalized spacial score (nSPS) is 17.0. The highest BCUT2D eigenvalue weighted by Crippen LogP contribution is 2.51. The number of aliphatic hydroxyl groups excluding tert-OH is 1. The molecule has 21 heavy (non-hydrogen) atoms. The van der Waals surface area contributed by atoms with Gasteiger partial charge in [0.15, 0.2) is 0 Å². The molecule has 1 aromatic rings. The summed E-state index contributed by atoms with van der Waals surface area (Å²) in [5.41, 5.74) is 0. The molecule has 0 spiro atoms. The molecule has 1 fully saturated rings. The number of nitrogens with one attached hydrogen (secondary N) is 2. The van der Waals surface area contributed by atoms with Crippen molar-refractivity contribution in [1.29, 1.82) is 0 Å². The number of carbonyl (C=O) groups is 1. The number of hydrogen-bond acceptors (Lipinski definition) is 3. The van der Waals surface area contributed by atoms with Gasteiger partial charge in [0.2, 0.25) is 0 Å². The van der Waals surface area contributed by atoms with E-state index in [4.69, 9.17) is 0 Å². The van der Waals surface area contributed by atoms with E-state index in [1.54, 1.807) is 0 Å². The van der Waals surface area contributed by atoms with Gasteiger partial charge in [0, 0.05) is 22.7 Å². The van der Waals surface area contributed by atoms with E-state index in [0.29, 0.717) is 19.5 Å². The third kappa shape index (κ3) is 5.59. The van der Waals surface area contributed by atoms with Gasteiger partial charge >= 0.3 is 6.03 Å². The van der Waals surface area contributed by atoms with Crippen molar-refractivity contribution in [3.8, 4) is 0 Å². The Kier molecular flexibility index (Phi) is 5.94. The molecule has 4 nitrogen and oxygen atoms in total. The number of urea groups is 1. The van der Waals surface area contributed by atoms with Crippen LogP contribution in [0.2, 0.25) is 0 Å². The number of thioether (sulfide) groups is 1. The third-order valence-electron chi connectivity index (χ3n) is 3.58. The molecule has 5 heteroatoms. The first-order valence-electron chi connectivity index (χ1n) is 7.57. The number of aliphatic hydroxyl groups is 1. The molecule has 1 aromatic carbocycles. The standard InChI is InChI=1S/C16H24N2O2S/c1-2-6-13(19)11-17-15(20)18-12-16(9-10-16)21-14-7-4-3-5-8-14/h3-5,7-8,13,19H,2,6,9-12H2,1H3,(H2,17,18,20). The van der Waals surface area contributed by atoms with E-state index >= 15 is 0 Å². The zero-order valence-electron chi connectivity index (χ0n) is 12.5. The molecule has 0 radical (unpaired) electrons. The van der Waals surface area contributed by atoms with Crippen LogP contribution < -0.4 is 10.6 Å². The van der Waals surface area contributed by atoms with Crippen LogP contribution in [0.15, 0.2) is 35.2 Å². The van der Waals surface area contributed by atoms with Gasteiger partial charge in [0.1, 0.15) is 0 Å². The Hall–Kier alpha value is -1.20. The molecule has 1 saturated carbocycles. The second kappa shape index (κ2) is 7.71. The van der Waals surface area contributed by atoms with Crippen molar-refractivity contribution < 1.29 is 9.90 Å². The Morgan fingerprint density at radius 2 is 2.05 bits per heavy atom. The lowest BCUT2D eigenvalue weighted by Crippen LogP contribution is -2.42. The predicted octanol–water partition coefficient (Wildman–Crippen LogP) is 2.77. The molecule has 0 aliphatic heterocycles. The molecule has 0 saturated heterocycles. The van der Waals surface area contributed by atoms with Crippen LogP contribution >= 0.6 is 11.8 Å². The number of rotatable bonds is 8. The van der Waals surface area contributed by atoms with Crippen molar-refractivity contribution in [3.63, 3.8) is 0 Å². The molecule has 116 valence electrons. The van der Waals surface area contributed by atoms with Crippen LogP contribution in [-0.2, 0) is 0 Å². The highest BCUT2D eigenvalue weighted by atomic mass is 32.2. The van der Waals surface area contributed by atoms with Crippen molar-refractivity contribution in [3.05, 3.63) is 30.3 Å². The summed E-state index contributed by atoms with van der Waals surface area (Å²) in [7, 11) is 0. The summed E-state index contributed by atoms with van der Waals surface area (Å²) in [5, 5.41) is 15.2. The van der Waals surface area contributed by atoms with E-state index in [1.807, 2.05) is 36.9 Å². The Morgan fingerprint density at radius 3 is 2.67 bits per heavy atom. The maximum atomic E-state index is 11.7. The maximum Gasteiger partial charge on any atom is 0.314 e. The number of hydrogen-bond donors (Lipinski definition) is 3. The van der Waals surface area contributed by atoms with Crippen LogP contribution in [0, 0.1) is 0 Å². The smallest absolute Gasteiger partial charge is 0.314 e. The van der Waals surface area contributed by atoms with E-state index in [-0.39, 0.29) is 10.8 Å². The molecular formula is C16H24N2O2S. The summed E-state index contributed by atoms with van der Waals surface area (Å²) in [6, 6.07) is 10.1. The highest BCUT2D eigenvalue weighted by Gasteiger charge is 2.43. The molecule has 2 amide bonds. The summed E-state index contributed by atoms with van der Waals surface area (Å²) in [5.74, 6) is 0. The first kappa shape index (κ1) is 16.2. The lowest BCUT2D eigenvalue weighted by Gasteiger charge is -2.17. The maximum absolute atomic E-state index is 11.7. The van der Waals surface area contributed by atoms with Crippen molar-refractivity contribution in [2.24, 2.45) is 0 Å². The van der Waals surface area contributed by atoms with E-state index < -0.39 is 6.10 Å². The minimum absolute atomic E-state index is 0.153. The van der Waals surface area contributed by atoms with Crippen LogP contribution in [0.1, 0.15) is 32.6 Å². The van der Waals surface area contributed by atoms with Gasteiger partial charge in [-0.15, -0.1) is 11.8 Å². The second-order valence-electron chi connectivity index (χ2n) is 5.60. The number of benzene rings is 1. The summed E-state index contributed by atoms with van der Waals surface area (Å²) >= 11 is 1.84. The minimum Gasteiger partial charge on any atom is -0.391 e. The lowest BCUT2D eigenvalue weighted by molar-refractivity contribution is 0.160. The Morgan fingerprint density at radius 1 is 1.33 bits per heavy atom. The molecule has 1 aliphatic carbocycles. The largest absolute Gasteiger partial charge is 0.391 e. The zero-order valence-corrected chi connectivity index (χ0v) is 13.3. The van der Waals surface area contributed by atoms with Crippen LogP contribution in [-0.4, -0.2) is 35.1 Å². The quantitative estimate of drug-likeness (QED) is 0.692. The van der Waals surface area contributed by atoms with Gasteiger partial charge in [-0.3, -0.25) is 0 Å². The Balaban J connectivity index is 1.69. The van der Waals surface area contributed by atoms with E-state index in [9.17, 15) is 9.90 Å². The number of carbonyl (C=O) groups excluding carboxylic acids is 1. The van der Waals surface area contributed by atoms with E-state index in [0.717, 1.165) is 19.3 Å².